The van der Waals surface area contributed by atoms with Gasteiger partial charge in [-0.15, -0.1) is 0 Å². The van der Waals surface area contributed by atoms with E-state index < -0.39 is 0 Å². The van der Waals surface area contributed by atoms with Crippen molar-refractivity contribution in [1.29, 1.82) is 0 Å². The van der Waals surface area contributed by atoms with Crippen LogP contribution in [0.4, 0.5) is 10.1 Å². The molecule has 0 atom stereocenters. The fourth-order valence-electron chi connectivity index (χ4n) is 1.55. The molecule has 0 radical (unpaired) electrons. The summed E-state index contributed by atoms with van der Waals surface area (Å²) >= 11 is 4.68. The average Bonchev–Trinajstić information content (AvgIpc) is 2.64. The monoisotopic (exact) mass is 250 g/mol. The molecule has 2 rings (SSSR count). The van der Waals surface area contributed by atoms with Gasteiger partial charge in [0.1, 0.15) is 11.6 Å². The van der Waals surface area contributed by atoms with Crippen LogP contribution in [0.25, 0.3) is 5.69 Å². The first-order chi connectivity index (χ1) is 8.08. The Bertz CT molecular complexity index is 564. The molecular formula is C11H11FN4S. The molecule has 6 heteroatoms. The number of aromatic nitrogens is 2. The summed E-state index contributed by atoms with van der Waals surface area (Å²) in [7, 11) is 0. The summed E-state index contributed by atoms with van der Waals surface area (Å²) in [6.45, 7) is 1.81. The van der Waals surface area contributed by atoms with Gasteiger partial charge >= 0.3 is 0 Å². The van der Waals surface area contributed by atoms with E-state index >= 15 is 0 Å². The molecule has 0 spiro atoms. The second-order valence-corrected chi connectivity index (χ2v) is 3.94. The van der Waals surface area contributed by atoms with Gasteiger partial charge in [-0.3, -0.25) is 0 Å². The van der Waals surface area contributed by atoms with Crippen molar-refractivity contribution in [3.63, 3.8) is 0 Å². The van der Waals surface area contributed by atoms with Crippen molar-refractivity contribution in [1.82, 2.24) is 9.55 Å². The van der Waals surface area contributed by atoms with Gasteiger partial charge in [0, 0.05) is 18.1 Å². The molecule has 4 nitrogen and oxygen atoms in total. The minimum Gasteiger partial charge on any atom is -0.376 e. The van der Waals surface area contributed by atoms with Crippen molar-refractivity contribution in [3.8, 4) is 5.69 Å². The quantitative estimate of drug-likeness (QED) is 0.800. The van der Waals surface area contributed by atoms with Gasteiger partial charge in [0.25, 0.3) is 0 Å². The Morgan fingerprint density at radius 3 is 2.82 bits per heavy atom. The van der Waals surface area contributed by atoms with Crippen LogP contribution in [-0.2, 0) is 0 Å². The number of halogens is 1. The zero-order chi connectivity index (χ0) is 12.4. The Kier molecular flexibility index (Phi) is 3.06. The molecule has 1 aromatic carbocycles. The molecular weight excluding hydrogens is 239 g/mol. The molecule has 0 bridgehead atoms. The van der Waals surface area contributed by atoms with Gasteiger partial charge < -0.3 is 15.6 Å². The first-order valence-corrected chi connectivity index (χ1v) is 5.35. The highest BCUT2D eigenvalue weighted by molar-refractivity contribution is 7.80. The van der Waals surface area contributed by atoms with Gasteiger partial charge in [-0.05, 0) is 37.3 Å². The Morgan fingerprint density at radius 1 is 1.53 bits per heavy atom. The molecule has 0 saturated carbocycles. The summed E-state index contributed by atoms with van der Waals surface area (Å²) in [5.74, 6) is 0.353. The maximum absolute atomic E-state index is 13.9. The number of imidazole rings is 1. The first kappa shape index (κ1) is 11.5. The summed E-state index contributed by atoms with van der Waals surface area (Å²) in [4.78, 5) is 4.04. The number of hydrogen-bond acceptors (Lipinski definition) is 2. The number of anilines is 1. The number of nitrogens with zero attached hydrogens (tertiary/aromatic N) is 2. The highest BCUT2D eigenvalue weighted by Crippen LogP contribution is 2.19. The van der Waals surface area contributed by atoms with E-state index in [-0.39, 0.29) is 10.9 Å². The highest BCUT2D eigenvalue weighted by atomic mass is 32.1. The maximum Gasteiger partial charge on any atom is 0.168 e. The van der Waals surface area contributed by atoms with Crippen LogP contribution < -0.4 is 11.1 Å². The first-order valence-electron chi connectivity index (χ1n) is 4.94. The van der Waals surface area contributed by atoms with Crippen LogP contribution in [0.15, 0.2) is 30.6 Å². The number of nitrogens with two attached hydrogens (primary N) is 1. The molecule has 1 aromatic heterocycles. The number of aryl methyl sites for hydroxylation is 1. The number of benzene rings is 1. The number of thiocarbonyl (C=S) groups is 1. The van der Waals surface area contributed by atoms with E-state index in [1.807, 2.05) is 0 Å². The number of nitrogens with one attached hydrogen (secondary N) is 1. The average molecular weight is 250 g/mol. The predicted molar refractivity (Wildman–Crippen MR) is 68.7 cm³/mol. The lowest BCUT2D eigenvalue weighted by atomic mass is 10.2. The molecule has 0 aliphatic heterocycles. The second-order valence-electron chi connectivity index (χ2n) is 3.50. The Labute approximate surface area is 103 Å². The van der Waals surface area contributed by atoms with Crippen molar-refractivity contribution in [2.75, 3.05) is 5.32 Å². The fraction of sp³-hybridized carbons (Fsp3) is 0.0909. The predicted octanol–water partition coefficient (Wildman–Crippen LogP) is 1.98. The topological polar surface area (TPSA) is 55.9 Å². The third-order valence-corrected chi connectivity index (χ3v) is 2.40. The molecule has 0 amide bonds. The van der Waals surface area contributed by atoms with E-state index in [1.165, 1.54) is 6.07 Å². The van der Waals surface area contributed by atoms with Gasteiger partial charge in [0.15, 0.2) is 5.11 Å². The van der Waals surface area contributed by atoms with E-state index in [9.17, 15) is 4.39 Å². The Morgan fingerprint density at radius 2 is 2.29 bits per heavy atom. The van der Waals surface area contributed by atoms with Crippen LogP contribution in [0, 0.1) is 12.7 Å². The van der Waals surface area contributed by atoms with Crippen molar-refractivity contribution >= 4 is 23.0 Å². The SMILES string of the molecule is Cc1nccn1-c1ccc(NC(N)=S)cc1F. The number of hydrogen-bond donors (Lipinski definition) is 2. The van der Waals surface area contributed by atoms with Gasteiger partial charge in [-0.25, -0.2) is 9.37 Å². The zero-order valence-electron chi connectivity index (χ0n) is 9.14. The van der Waals surface area contributed by atoms with Crippen molar-refractivity contribution in [2.45, 2.75) is 6.92 Å². The lowest BCUT2D eigenvalue weighted by molar-refractivity contribution is 0.617. The van der Waals surface area contributed by atoms with Crippen LogP contribution in [0.1, 0.15) is 5.82 Å². The van der Waals surface area contributed by atoms with Crippen molar-refractivity contribution in [2.24, 2.45) is 5.73 Å². The maximum atomic E-state index is 13.9. The van der Waals surface area contributed by atoms with Crippen LogP contribution in [0.5, 0.6) is 0 Å². The minimum atomic E-state index is -0.368. The summed E-state index contributed by atoms with van der Waals surface area (Å²) in [5, 5.41) is 2.78. The molecule has 17 heavy (non-hydrogen) atoms. The lowest BCUT2D eigenvalue weighted by Crippen LogP contribution is -2.19. The summed E-state index contributed by atoms with van der Waals surface area (Å²) in [6, 6.07) is 4.69. The Hall–Kier alpha value is -1.95. The Balaban J connectivity index is 2.39. The molecule has 3 N–H and O–H groups in total. The zero-order valence-corrected chi connectivity index (χ0v) is 9.96. The van der Waals surface area contributed by atoms with Gasteiger partial charge in [-0.1, -0.05) is 0 Å². The van der Waals surface area contributed by atoms with E-state index in [0.29, 0.717) is 11.4 Å². The molecule has 0 fully saturated rings. The van der Waals surface area contributed by atoms with E-state index in [4.69, 9.17) is 5.73 Å². The van der Waals surface area contributed by atoms with E-state index in [1.54, 1.807) is 36.0 Å². The van der Waals surface area contributed by atoms with Crippen LogP contribution in [-0.4, -0.2) is 14.7 Å². The molecule has 0 aliphatic carbocycles. The summed E-state index contributed by atoms with van der Waals surface area (Å²) in [6.07, 6.45) is 3.32. The molecule has 2 aromatic rings. The number of rotatable bonds is 2. The molecule has 0 aliphatic rings. The minimum absolute atomic E-state index is 0.107. The van der Waals surface area contributed by atoms with Gasteiger partial charge in [0.05, 0.1) is 5.69 Å². The fourth-order valence-corrected chi connectivity index (χ4v) is 1.67. The van der Waals surface area contributed by atoms with Crippen molar-refractivity contribution < 1.29 is 4.39 Å². The van der Waals surface area contributed by atoms with Gasteiger partial charge in [-0.2, -0.15) is 0 Å². The largest absolute Gasteiger partial charge is 0.376 e. The normalized spacial score (nSPS) is 10.2. The van der Waals surface area contributed by atoms with Crippen LogP contribution in [0.2, 0.25) is 0 Å². The lowest BCUT2D eigenvalue weighted by Gasteiger charge is -2.09. The van der Waals surface area contributed by atoms with Crippen LogP contribution >= 0.6 is 12.2 Å². The van der Waals surface area contributed by atoms with E-state index in [0.717, 1.165) is 5.82 Å². The second kappa shape index (κ2) is 4.50. The third kappa shape index (κ3) is 2.42. The third-order valence-electron chi connectivity index (χ3n) is 2.30. The molecule has 0 saturated heterocycles. The van der Waals surface area contributed by atoms with Gasteiger partial charge in [0.2, 0.25) is 0 Å². The van der Waals surface area contributed by atoms with Crippen molar-refractivity contribution in [3.05, 3.63) is 42.2 Å². The molecule has 88 valence electrons. The standard InChI is InChI=1S/C11H11FN4S/c1-7-14-4-5-16(7)10-3-2-8(6-9(10)12)15-11(13)17/h2-6H,1H3,(H3,13,15,17). The molecule has 0 unspecified atom stereocenters. The van der Waals surface area contributed by atoms with Crippen LogP contribution in [0.3, 0.4) is 0 Å². The highest BCUT2D eigenvalue weighted by Gasteiger charge is 2.07. The molecule has 1 heterocycles. The van der Waals surface area contributed by atoms with E-state index in [2.05, 4.69) is 22.5 Å². The smallest absolute Gasteiger partial charge is 0.168 e. The summed E-state index contributed by atoms with van der Waals surface area (Å²) in [5.41, 5.74) is 6.28. The summed E-state index contributed by atoms with van der Waals surface area (Å²) < 4.78 is 15.5.